The lowest BCUT2D eigenvalue weighted by molar-refractivity contribution is -0.135. The molecule has 0 unspecified atom stereocenters. The van der Waals surface area contributed by atoms with Gasteiger partial charge in [0, 0.05) is 32.7 Å². The van der Waals surface area contributed by atoms with Crippen LogP contribution in [-0.4, -0.2) is 67.4 Å². The van der Waals surface area contributed by atoms with Crippen molar-refractivity contribution < 1.29 is 9.59 Å². The van der Waals surface area contributed by atoms with Gasteiger partial charge in [-0.25, -0.2) is 0 Å². The van der Waals surface area contributed by atoms with Gasteiger partial charge in [-0.1, -0.05) is 6.92 Å². The predicted molar refractivity (Wildman–Crippen MR) is 74.6 cm³/mol. The standard InChI is InChI=1S/C13H26N4O2/c1-3-6-15-12(18)9-16(2)13(19)10-17-7-4-11(14)5-8-17/h11H,3-10,14H2,1-2H3,(H,15,18). The lowest BCUT2D eigenvalue weighted by Gasteiger charge is -2.30. The third kappa shape index (κ3) is 6.02. The van der Waals surface area contributed by atoms with E-state index in [2.05, 4.69) is 10.2 Å². The number of carbonyl (C=O) groups is 2. The minimum absolute atomic E-state index is 0.0119. The van der Waals surface area contributed by atoms with Crippen molar-refractivity contribution >= 4 is 11.8 Å². The summed E-state index contributed by atoms with van der Waals surface area (Å²) in [6, 6.07) is 0.268. The largest absolute Gasteiger partial charge is 0.355 e. The lowest BCUT2D eigenvalue weighted by atomic mass is 10.1. The maximum Gasteiger partial charge on any atom is 0.239 e. The first kappa shape index (κ1) is 15.9. The smallest absolute Gasteiger partial charge is 0.239 e. The van der Waals surface area contributed by atoms with Crippen LogP contribution in [0.1, 0.15) is 26.2 Å². The molecule has 0 radical (unpaired) electrons. The first-order valence-electron chi connectivity index (χ1n) is 7.01. The third-order valence-electron chi connectivity index (χ3n) is 3.37. The van der Waals surface area contributed by atoms with Crippen LogP contribution in [0.3, 0.4) is 0 Å². The normalized spacial score (nSPS) is 17.2. The van der Waals surface area contributed by atoms with Crippen molar-refractivity contribution in [3.05, 3.63) is 0 Å². The number of likely N-dealkylation sites (tertiary alicyclic amines) is 1. The third-order valence-corrected chi connectivity index (χ3v) is 3.37. The fourth-order valence-corrected chi connectivity index (χ4v) is 2.05. The number of piperidine rings is 1. The summed E-state index contributed by atoms with van der Waals surface area (Å²) in [7, 11) is 1.67. The molecule has 2 amide bonds. The van der Waals surface area contributed by atoms with Gasteiger partial charge in [0.25, 0.3) is 0 Å². The number of likely N-dealkylation sites (N-methyl/N-ethyl adjacent to an activating group) is 1. The summed E-state index contributed by atoms with van der Waals surface area (Å²) in [5, 5.41) is 2.76. The average molecular weight is 270 g/mol. The second-order valence-electron chi connectivity index (χ2n) is 5.21. The van der Waals surface area contributed by atoms with Gasteiger partial charge in [-0.2, -0.15) is 0 Å². The Bertz CT molecular complexity index is 301. The van der Waals surface area contributed by atoms with Gasteiger partial charge >= 0.3 is 0 Å². The molecule has 1 saturated heterocycles. The molecule has 1 fully saturated rings. The van der Waals surface area contributed by atoms with Crippen LogP contribution in [0, 0.1) is 0 Å². The van der Waals surface area contributed by atoms with Gasteiger partial charge in [-0.05, 0) is 19.3 Å². The summed E-state index contributed by atoms with van der Waals surface area (Å²) in [6.07, 6.45) is 2.78. The number of amides is 2. The number of carbonyl (C=O) groups excluding carboxylic acids is 2. The van der Waals surface area contributed by atoms with Crippen LogP contribution in [0.25, 0.3) is 0 Å². The zero-order valence-corrected chi connectivity index (χ0v) is 12.0. The molecule has 0 atom stereocenters. The zero-order valence-electron chi connectivity index (χ0n) is 12.0. The number of rotatable bonds is 6. The van der Waals surface area contributed by atoms with Crippen LogP contribution >= 0.6 is 0 Å². The Balaban J connectivity index is 2.26. The molecule has 0 aromatic rings. The summed E-state index contributed by atoms with van der Waals surface area (Å²) in [5.41, 5.74) is 5.83. The molecule has 1 aliphatic rings. The van der Waals surface area contributed by atoms with Crippen LogP contribution in [-0.2, 0) is 9.59 Å². The summed E-state index contributed by atoms with van der Waals surface area (Å²) < 4.78 is 0. The topological polar surface area (TPSA) is 78.7 Å². The lowest BCUT2D eigenvalue weighted by Crippen LogP contribution is -2.46. The van der Waals surface area contributed by atoms with Crippen molar-refractivity contribution in [2.24, 2.45) is 5.73 Å². The van der Waals surface area contributed by atoms with E-state index in [9.17, 15) is 9.59 Å². The monoisotopic (exact) mass is 270 g/mol. The highest BCUT2D eigenvalue weighted by molar-refractivity contribution is 5.85. The second-order valence-corrected chi connectivity index (χ2v) is 5.21. The van der Waals surface area contributed by atoms with E-state index >= 15 is 0 Å². The Hall–Kier alpha value is -1.14. The van der Waals surface area contributed by atoms with Crippen LogP contribution in [0.4, 0.5) is 0 Å². The van der Waals surface area contributed by atoms with Crippen molar-refractivity contribution in [2.45, 2.75) is 32.2 Å². The molecule has 0 aromatic heterocycles. The Labute approximate surface area is 115 Å². The quantitative estimate of drug-likeness (QED) is 0.675. The van der Waals surface area contributed by atoms with Crippen molar-refractivity contribution in [1.82, 2.24) is 15.1 Å². The molecule has 0 saturated carbocycles. The van der Waals surface area contributed by atoms with Gasteiger partial charge in [-0.3, -0.25) is 14.5 Å². The molecule has 0 spiro atoms. The van der Waals surface area contributed by atoms with Crippen molar-refractivity contribution in [2.75, 3.05) is 39.8 Å². The molecule has 3 N–H and O–H groups in total. The average Bonchev–Trinajstić information content (AvgIpc) is 2.39. The van der Waals surface area contributed by atoms with Crippen LogP contribution in [0.15, 0.2) is 0 Å². The summed E-state index contributed by atoms with van der Waals surface area (Å²) >= 11 is 0. The highest BCUT2D eigenvalue weighted by atomic mass is 16.2. The first-order chi connectivity index (χ1) is 9.02. The maximum absolute atomic E-state index is 12.0. The minimum atomic E-state index is -0.0987. The summed E-state index contributed by atoms with van der Waals surface area (Å²) in [6.45, 7) is 4.89. The Morgan fingerprint density at radius 3 is 2.58 bits per heavy atom. The van der Waals surface area contributed by atoms with E-state index in [0.717, 1.165) is 32.4 Å². The molecule has 6 heteroatoms. The van der Waals surface area contributed by atoms with Gasteiger partial charge in [0.2, 0.25) is 11.8 Å². The predicted octanol–water partition coefficient (Wildman–Crippen LogP) is -0.606. The molecule has 1 aliphatic heterocycles. The number of nitrogens with one attached hydrogen (secondary N) is 1. The van der Waals surface area contributed by atoms with Crippen molar-refractivity contribution in [3.63, 3.8) is 0 Å². The molecule has 0 aromatic carbocycles. The van der Waals surface area contributed by atoms with Crippen molar-refractivity contribution in [3.8, 4) is 0 Å². The molecule has 19 heavy (non-hydrogen) atoms. The summed E-state index contributed by atoms with van der Waals surface area (Å²) in [4.78, 5) is 27.1. The highest BCUT2D eigenvalue weighted by Gasteiger charge is 2.20. The van der Waals surface area contributed by atoms with Gasteiger partial charge < -0.3 is 16.0 Å². The number of nitrogens with two attached hydrogens (primary N) is 1. The fourth-order valence-electron chi connectivity index (χ4n) is 2.05. The Morgan fingerprint density at radius 2 is 2.00 bits per heavy atom. The molecule has 1 rings (SSSR count). The van der Waals surface area contributed by atoms with E-state index in [1.54, 1.807) is 7.05 Å². The van der Waals surface area contributed by atoms with Gasteiger partial charge in [0.05, 0.1) is 13.1 Å². The molecule has 110 valence electrons. The number of hydrogen-bond acceptors (Lipinski definition) is 4. The van der Waals surface area contributed by atoms with Gasteiger partial charge in [0.15, 0.2) is 0 Å². The van der Waals surface area contributed by atoms with Gasteiger partial charge in [0.1, 0.15) is 0 Å². The van der Waals surface area contributed by atoms with E-state index < -0.39 is 0 Å². The Morgan fingerprint density at radius 1 is 1.37 bits per heavy atom. The molecule has 0 aliphatic carbocycles. The SMILES string of the molecule is CCCNC(=O)CN(C)C(=O)CN1CCC(N)CC1. The molecular formula is C13H26N4O2. The Kier molecular flexibility index (Phi) is 6.80. The number of hydrogen-bond donors (Lipinski definition) is 2. The van der Waals surface area contributed by atoms with E-state index in [0.29, 0.717) is 13.1 Å². The second kappa shape index (κ2) is 8.12. The molecule has 0 bridgehead atoms. The van der Waals surface area contributed by atoms with Crippen LogP contribution in [0.5, 0.6) is 0 Å². The first-order valence-corrected chi connectivity index (χ1v) is 7.01. The molecule has 1 heterocycles. The van der Waals surface area contributed by atoms with Gasteiger partial charge in [-0.15, -0.1) is 0 Å². The minimum Gasteiger partial charge on any atom is -0.355 e. The zero-order chi connectivity index (χ0) is 14.3. The van der Waals surface area contributed by atoms with Crippen LogP contribution < -0.4 is 11.1 Å². The fraction of sp³-hybridized carbons (Fsp3) is 0.846. The molecule has 6 nitrogen and oxygen atoms in total. The van der Waals surface area contributed by atoms with E-state index in [4.69, 9.17) is 5.73 Å². The van der Waals surface area contributed by atoms with E-state index in [1.807, 2.05) is 6.92 Å². The van der Waals surface area contributed by atoms with E-state index in [-0.39, 0.29) is 24.4 Å². The van der Waals surface area contributed by atoms with Crippen LogP contribution in [0.2, 0.25) is 0 Å². The molecular weight excluding hydrogens is 244 g/mol. The summed E-state index contributed by atoms with van der Waals surface area (Å²) in [5.74, 6) is -0.111. The van der Waals surface area contributed by atoms with Crippen molar-refractivity contribution in [1.29, 1.82) is 0 Å². The van der Waals surface area contributed by atoms with E-state index in [1.165, 1.54) is 4.90 Å². The number of nitrogens with zero attached hydrogens (tertiary/aromatic N) is 2. The highest BCUT2D eigenvalue weighted by Crippen LogP contribution is 2.07. The maximum atomic E-state index is 12.0.